The predicted molar refractivity (Wildman–Crippen MR) is 106 cm³/mol. The maximum Gasteiger partial charge on any atom is 0.257 e. The van der Waals surface area contributed by atoms with Crippen molar-refractivity contribution in [3.8, 4) is 11.5 Å². The number of piperidine rings is 1. The highest BCUT2D eigenvalue weighted by Gasteiger charge is 2.41. The summed E-state index contributed by atoms with van der Waals surface area (Å²) in [5, 5.41) is 3.20. The van der Waals surface area contributed by atoms with Gasteiger partial charge in [0.25, 0.3) is 5.91 Å². The topological polar surface area (TPSA) is 95.0 Å². The lowest BCUT2D eigenvalue weighted by molar-refractivity contribution is -0.181. The molecule has 1 amide bonds. The summed E-state index contributed by atoms with van der Waals surface area (Å²) in [4.78, 5) is 23.6. The second-order valence-electron chi connectivity index (χ2n) is 7.63. The SMILES string of the molecule is Cc1nc(NCc2ccc3c(c2)OCO3)ncc1C(=O)N1CCC2(CC1)OCCO2. The molecule has 2 aromatic rings. The Labute approximate surface area is 174 Å². The third kappa shape index (κ3) is 3.66. The molecule has 0 saturated carbocycles. The van der Waals surface area contributed by atoms with E-state index in [4.69, 9.17) is 18.9 Å². The molecule has 0 atom stereocenters. The molecule has 1 N–H and O–H groups in total. The number of aromatic nitrogens is 2. The summed E-state index contributed by atoms with van der Waals surface area (Å²) in [5.41, 5.74) is 2.20. The average molecular weight is 412 g/mol. The molecular formula is C21H24N4O5. The van der Waals surface area contributed by atoms with E-state index in [1.165, 1.54) is 0 Å². The second kappa shape index (κ2) is 7.73. The number of hydrogen-bond donors (Lipinski definition) is 1. The van der Waals surface area contributed by atoms with E-state index in [0.29, 0.717) is 62.9 Å². The van der Waals surface area contributed by atoms with Crippen LogP contribution in [0.2, 0.25) is 0 Å². The van der Waals surface area contributed by atoms with Crippen LogP contribution in [0.25, 0.3) is 0 Å². The average Bonchev–Trinajstić information content (AvgIpc) is 3.42. The van der Waals surface area contributed by atoms with Gasteiger partial charge in [0.2, 0.25) is 12.7 Å². The van der Waals surface area contributed by atoms with E-state index < -0.39 is 5.79 Å². The Morgan fingerprint density at radius 1 is 1.17 bits per heavy atom. The molecule has 3 aliphatic heterocycles. The molecule has 1 spiro atoms. The summed E-state index contributed by atoms with van der Waals surface area (Å²) in [6.07, 6.45) is 2.97. The van der Waals surface area contributed by atoms with Crippen LogP contribution in [0.1, 0.15) is 34.5 Å². The van der Waals surface area contributed by atoms with Crippen LogP contribution in [0.4, 0.5) is 5.95 Å². The Hall–Kier alpha value is -2.91. The van der Waals surface area contributed by atoms with Gasteiger partial charge < -0.3 is 29.2 Å². The highest BCUT2D eigenvalue weighted by molar-refractivity contribution is 5.95. The zero-order valence-electron chi connectivity index (χ0n) is 16.8. The third-order valence-corrected chi connectivity index (χ3v) is 5.72. The standard InChI is InChI=1S/C21H24N4O5/c1-14-16(19(26)25-6-4-21(5-7-25)29-8-9-30-21)12-23-20(24-14)22-11-15-2-3-17-18(10-15)28-13-27-17/h2-3,10,12H,4-9,11,13H2,1H3,(H,22,23,24). The number of carbonyl (C=O) groups excluding carboxylic acids is 1. The van der Waals surface area contributed by atoms with Gasteiger partial charge in [0.1, 0.15) is 0 Å². The number of ether oxygens (including phenoxy) is 4. The van der Waals surface area contributed by atoms with Crippen molar-refractivity contribution in [3.05, 3.63) is 41.2 Å². The van der Waals surface area contributed by atoms with E-state index >= 15 is 0 Å². The molecule has 0 radical (unpaired) electrons. The Balaban J connectivity index is 1.21. The summed E-state index contributed by atoms with van der Waals surface area (Å²) in [7, 11) is 0. The number of amides is 1. The zero-order chi connectivity index (χ0) is 20.6. The first-order valence-electron chi connectivity index (χ1n) is 10.2. The molecule has 0 aliphatic carbocycles. The van der Waals surface area contributed by atoms with Gasteiger partial charge in [0, 0.05) is 38.7 Å². The lowest BCUT2D eigenvalue weighted by Crippen LogP contribution is -2.47. The van der Waals surface area contributed by atoms with Gasteiger partial charge in [-0.2, -0.15) is 0 Å². The fourth-order valence-corrected chi connectivity index (χ4v) is 4.00. The van der Waals surface area contributed by atoms with Crippen LogP contribution in [0.15, 0.2) is 24.4 Å². The van der Waals surface area contributed by atoms with Crippen molar-refractivity contribution in [3.63, 3.8) is 0 Å². The molecular weight excluding hydrogens is 388 g/mol. The Kier molecular flexibility index (Phi) is 4.92. The number of nitrogens with one attached hydrogen (secondary N) is 1. The van der Waals surface area contributed by atoms with Gasteiger partial charge in [0.15, 0.2) is 17.3 Å². The molecule has 30 heavy (non-hydrogen) atoms. The molecule has 4 heterocycles. The number of aryl methyl sites for hydroxylation is 1. The second-order valence-corrected chi connectivity index (χ2v) is 7.63. The van der Waals surface area contributed by atoms with Gasteiger partial charge in [-0.3, -0.25) is 4.79 Å². The number of likely N-dealkylation sites (tertiary alicyclic amines) is 1. The summed E-state index contributed by atoms with van der Waals surface area (Å²) in [6.45, 7) is 5.07. The van der Waals surface area contributed by atoms with E-state index in [9.17, 15) is 4.79 Å². The first-order valence-corrected chi connectivity index (χ1v) is 10.2. The van der Waals surface area contributed by atoms with Crippen LogP contribution in [-0.2, 0) is 16.0 Å². The number of hydrogen-bond acceptors (Lipinski definition) is 8. The van der Waals surface area contributed by atoms with Crippen molar-refractivity contribution in [2.45, 2.75) is 32.1 Å². The number of rotatable bonds is 4. The summed E-state index contributed by atoms with van der Waals surface area (Å²) < 4.78 is 22.2. The number of fused-ring (bicyclic) bond motifs is 1. The molecule has 2 fully saturated rings. The van der Waals surface area contributed by atoms with Crippen molar-refractivity contribution in [1.82, 2.24) is 14.9 Å². The zero-order valence-corrected chi connectivity index (χ0v) is 16.8. The normalized spacial score (nSPS) is 19.3. The number of carbonyl (C=O) groups is 1. The minimum Gasteiger partial charge on any atom is -0.454 e. The van der Waals surface area contributed by atoms with Gasteiger partial charge in [-0.25, -0.2) is 9.97 Å². The predicted octanol–water partition coefficient (Wildman–Crippen LogP) is 2.10. The molecule has 5 rings (SSSR count). The fourth-order valence-electron chi connectivity index (χ4n) is 4.00. The van der Waals surface area contributed by atoms with Crippen molar-refractivity contribution in [2.75, 3.05) is 38.4 Å². The van der Waals surface area contributed by atoms with Gasteiger partial charge in [-0.15, -0.1) is 0 Å². The molecule has 1 aromatic carbocycles. The van der Waals surface area contributed by atoms with Crippen LogP contribution in [-0.4, -0.2) is 59.7 Å². The molecule has 0 bridgehead atoms. The smallest absolute Gasteiger partial charge is 0.257 e. The quantitative estimate of drug-likeness (QED) is 0.816. The molecule has 3 aliphatic rings. The maximum atomic E-state index is 12.9. The van der Waals surface area contributed by atoms with Crippen molar-refractivity contribution >= 4 is 11.9 Å². The number of anilines is 1. The Morgan fingerprint density at radius 2 is 1.93 bits per heavy atom. The molecule has 0 unspecified atom stereocenters. The highest BCUT2D eigenvalue weighted by atomic mass is 16.7. The van der Waals surface area contributed by atoms with Gasteiger partial charge in [0.05, 0.1) is 24.5 Å². The van der Waals surface area contributed by atoms with E-state index in [1.54, 1.807) is 6.20 Å². The monoisotopic (exact) mass is 412 g/mol. The van der Waals surface area contributed by atoms with Crippen LogP contribution in [0, 0.1) is 6.92 Å². The largest absolute Gasteiger partial charge is 0.454 e. The van der Waals surface area contributed by atoms with E-state index in [2.05, 4.69) is 15.3 Å². The molecule has 1 aromatic heterocycles. The van der Waals surface area contributed by atoms with Crippen LogP contribution < -0.4 is 14.8 Å². The Morgan fingerprint density at radius 3 is 2.70 bits per heavy atom. The minimum absolute atomic E-state index is 0.0531. The van der Waals surface area contributed by atoms with Crippen molar-refractivity contribution in [2.24, 2.45) is 0 Å². The van der Waals surface area contributed by atoms with Gasteiger partial charge in [-0.05, 0) is 24.6 Å². The summed E-state index contributed by atoms with van der Waals surface area (Å²) in [6, 6.07) is 5.78. The first kappa shape index (κ1) is 19.1. The molecule has 2 saturated heterocycles. The minimum atomic E-state index is -0.495. The highest BCUT2D eigenvalue weighted by Crippen LogP contribution is 2.33. The molecule has 158 valence electrons. The van der Waals surface area contributed by atoms with Crippen LogP contribution in [0.5, 0.6) is 11.5 Å². The van der Waals surface area contributed by atoms with Crippen molar-refractivity contribution < 1.29 is 23.7 Å². The van der Waals surface area contributed by atoms with Crippen LogP contribution in [0.3, 0.4) is 0 Å². The summed E-state index contributed by atoms with van der Waals surface area (Å²) >= 11 is 0. The van der Waals surface area contributed by atoms with E-state index in [-0.39, 0.29) is 12.7 Å². The Bertz CT molecular complexity index is 950. The maximum absolute atomic E-state index is 12.9. The van der Waals surface area contributed by atoms with Gasteiger partial charge in [-0.1, -0.05) is 6.07 Å². The molecule has 9 nitrogen and oxygen atoms in total. The fraction of sp³-hybridized carbons (Fsp3) is 0.476. The van der Waals surface area contributed by atoms with E-state index in [1.807, 2.05) is 30.0 Å². The lowest BCUT2D eigenvalue weighted by Gasteiger charge is -2.37. The van der Waals surface area contributed by atoms with Crippen molar-refractivity contribution in [1.29, 1.82) is 0 Å². The van der Waals surface area contributed by atoms with E-state index in [0.717, 1.165) is 17.1 Å². The number of benzene rings is 1. The first-order chi connectivity index (χ1) is 14.6. The molecule has 9 heteroatoms. The van der Waals surface area contributed by atoms with Crippen LogP contribution >= 0.6 is 0 Å². The third-order valence-electron chi connectivity index (χ3n) is 5.72. The number of nitrogens with zero attached hydrogens (tertiary/aromatic N) is 3. The van der Waals surface area contributed by atoms with Gasteiger partial charge >= 0.3 is 0 Å². The lowest BCUT2D eigenvalue weighted by atomic mass is 10.0. The summed E-state index contributed by atoms with van der Waals surface area (Å²) in [5.74, 6) is 1.42.